The van der Waals surface area contributed by atoms with Crippen LogP contribution in [-0.2, 0) is 13.0 Å². The molecule has 0 spiro atoms. The maximum atomic E-state index is 12.0. The van der Waals surface area contributed by atoms with Gasteiger partial charge in [-0.25, -0.2) is 19.3 Å². The number of aryl methyl sites for hydroxylation is 1. The van der Waals surface area contributed by atoms with Crippen molar-refractivity contribution in [2.45, 2.75) is 26.1 Å². The number of hydrogen-bond acceptors (Lipinski definition) is 9. The molecule has 1 aromatic carbocycles. The molecule has 39 heavy (non-hydrogen) atoms. The highest BCUT2D eigenvalue weighted by Gasteiger charge is 2.31. The van der Waals surface area contributed by atoms with Gasteiger partial charge in [0.2, 0.25) is 0 Å². The Bertz CT molecular complexity index is 1610. The highest BCUT2D eigenvalue weighted by atomic mass is 16.5. The average molecular weight is 526 g/mol. The van der Waals surface area contributed by atoms with Gasteiger partial charge in [-0.2, -0.15) is 0 Å². The van der Waals surface area contributed by atoms with E-state index in [1.54, 1.807) is 30.5 Å². The van der Waals surface area contributed by atoms with Gasteiger partial charge in [-0.05, 0) is 54.8 Å². The SMILES string of the molecule is COc1ccc(CN2CCc3c(NC4=CC=CN(c5ccc(C)cn5)C4O)nn4c(C(=O)O)cnc4c32)cc1. The van der Waals surface area contributed by atoms with E-state index in [0.717, 1.165) is 28.1 Å². The van der Waals surface area contributed by atoms with Crippen molar-refractivity contribution in [2.24, 2.45) is 0 Å². The molecule has 11 heteroatoms. The van der Waals surface area contributed by atoms with Crippen molar-refractivity contribution in [3.05, 3.63) is 95.2 Å². The van der Waals surface area contributed by atoms with Gasteiger partial charge in [0.1, 0.15) is 11.6 Å². The highest BCUT2D eigenvalue weighted by Crippen LogP contribution is 2.38. The summed E-state index contributed by atoms with van der Waals surface area (Å²) in [5, 5.41) is 28.9. The molecule has 1 atom stereocenters. The quantitative estimate of drug-likeness (QED) is 0.330. The van der Waals surface area contributed by atoms with Gasteiger partial charge >= 0.3 is 5.97 Å². The average Bonchev–Trinajstić information content (AvgIpc) is 3.55. The molecule has 5 heterocycles. The standard InChI is InChI=1S/C28H27N7O4/c1-17-5-10-23(29-14-17)34-12-3-4-21(27(34)36)31-25-20-11-13-33(16-18-6-8-19(39-2)9-7-18)24(20)26-30-15-22(28(37)38)35(26)32-25/h3-10,12,14-15,27,36H,11,13,16H2,1-2H3,(H,31,32)(H,37,38). The molecule has 0 amide bonds. The number of nitrogens with zero attached hydrogens (tertiary/aromatic N) is 6. The number of fused-ring (bicyclic) bond motifs is 3. The minimum absolute atomic E-state index is 0.0457. The summed E-state index contributed by atoms with van der Waals surface area (Å²) in [7, 11) is 1.63. The highest BCUT2D eigenvalue weighted by molar-refractivity contribution is 5.89. The second-order valence-electron chi connectivity index (χ2n) is 9.44. The molecule has 198 valence electrons. The monoisotopic (exact) mass is 525 g/mol. The van der Waals surface area contributed by atoms with Gasteiger partial charge in [0.05, 0.1) is 24.7 Å². The molecule has 0 saturated carbocycles. The van der Waals surface area contributed by atoms with E-state index in [0.29, 0.717) is 42.5 Å². The van der Waals surface area contributed by atoms with Crippen molar-refractivity contribution in [3.63, 3.8) is 0 Å². The topological polar surface area (TPSA) is 128 Å². The van der Waals surface area contributed by atoms with Crippen LogP contribution >= 0.6 is 0 Å². The second-order valence-corrected chi connectivity index (χ2v) is 9.44. The smallest absolute Gasteiger partial charge is 0.356 e. The number of anilines is 3. The first-order valence-corrected chi connectivity index (χ1v) is 12.5. The van der Waals surface area contributed by atoms with Crippen LogP contribution < -0.4 is 19.9 Å². The van der Waals surface area contributed by atoms with Crippen LogP contribution in [0.25, 0.3) is 5.65 Å². The van der Waals surface area contributed by atoms with Crippen LogP contribution in [0.2, 0.25) is 0 Å². The van der Waals surface area contributed by atoms with Gasteiger partial charge in [-0.1, -0.05) is 18.2 Å². The number of rotatable bonds is 7. The number of pyridine rings is 1. The second kappa shape index (κ2) is 9.76. The van der Waals surface area contributed by atoms with Crippen molar-refractivity contribution in [1.82, 2.24) is 19.6 Å². The molecule has 11 nitrogen and oxygen atoms in total. The molecular formula is C28H27N7O4. The Morgan fingerprint density at radius 2 is 1.97 bits per heavy atom. The molecule has 3 N–H and O–H groups in total. The van der Waals surface area contributed by atoms with Gasteiger partial charge in [-0.3, -0.25) is 0 Å². The number of carboxylic acid groups (broad SMARTS) is 1. The lowest BCUT2D eigenvalue weighted by atomic mass is 10.2. The number of carbonyl (C=O) groups is 1. The van der Waals surface area contributed by atoms with E-state index in [-0.39, 0.29) is 5.69 Å². The van der Waals surface area contributed by atoms with Gasteiger partial charge < -0.3 is 30.1 Å². The number of allylic oxidation sites excluding steroid dienone is 2. The number of nitrogens with one attached hydrogen (secondary N) is 1. The first-order chi connectivity index (χ1) is 18.9. The summed E-state index contributed by atoms with van der Waals surface area (Å²) in [6.07, 6.45) is 8.03. The van der Waals surface area contributed by atoms with Gasteiger partial charge in [-0.15, -0.1) is 5.10 Å². The summed E-state index contributed by atoms with van der Waals surface area (Å²) in [4.78, 5) is 24.6. The van der Waals surface area contributed by atoms with Crippen LogP contribution in [0.5, 0.6) is 5.75 Å². The number of aromatic nitrogens is 4. The number of aromatic carboxylic acids is 1. The lowest BCUT2D eigenvalue weighted by molar-refractivity contribution is 0.0688. The Kier molecular flexibility index (Phi) is 6.12. The number of hydrogen-bond donors (Lipinski definition) is 3. The molecule has 0 aliphatic carbocycles. The fourth-order valence-corrected chi connectivity index (χ4v) is 4.91. The molecular weight excluding hydrogens is 498 g/mol. The molecule has 0 saturated heterocycles. The predicted molar refractivity (Wildman–Crippen MR) is 146 cm³/mol. The summed E-state index contributed by atoms with van der Waals surface area (Å²) in [5.74, 6) is 0.713. The molecule has 0 radical (unpaired) electrons. The lowest BCUT2D eigenvalue weighted by Gasteiger charge is -2.30. The van der Waals surface area contributed by atoms with Crippen LogP contribution in [0.15, 0.2) is 72.8 Å². The van der Waals surface area contributed by atoms with Gasteiger partial charge in [0.15, 0.2) is 23.4 Å². The molecule has 4 aromatic rings. The largest absolute Gasteiger partial charge is 0.497 e. The molecule has 3 aromatic heterocycles. The van der Waals surface area contributed by atoms with E-state index < -0.39 is 12.2 Å². The van der Waals surface area contributed by atoms with Crippen LogP contribution in [0.3, 0.4) is 0 Å². The number of aliphatic hydroxyl groups is 1. The van der Waals surface area contributed by atoms with E-state index in [1.165, 1.54) is 10.7 Å². The molecule has 2 aliphatic heterocycles. The number of imidazole rings is 1. The van der Waals surface area contributed by atoms with E-state index >= 15 is 0 Å². The number of aliphatic hydroxyl groups excluding tert-OH is 1. The molecule has 6 rings (SSSR count). The van der Waals surface area contributed by atoms with Crippen LogP contribution in [0.1, 0.15) is 27.2 Å². The summed E-state index contributed by atoms with van der Waals surface area (Å²) in [6, 6.07) is 11.6. The number of carboxylic acids is 1. The van der Waals surface area contributed by atoms with Crippen molar-refractivity contribution in [3.8, 4) is 5.75 Å². The van der Waals surface area contributed by atoms with Crippen LogP contribution in [0.4, 0.5) is 17.3 Å². The summed E-state index contributed by atoms with van der Waals surface area (Å²) in [6.45, 7) is 3.26. The number of benzene rings is 1. The zero-order valence-electron chi connectivity index (χ0n) is 21.4. The minimum Gasteiger partial charge on any atom is -0.497 e. The molecule has 2 aliphatic rings. The fourth-order valence-electron chi connectivity index (χ4n) is 4.91. The van der Waals surface area contributed by atoms with E-state index in [9.17, 15) is 15.0 Å². The summed E-state index contributed by atoms with van der Waals surface area (Å²) < 4.78 is 6.63. The zero-order chi connectivity index (χ0) is 27.1. The summed E-state index contributed by atoms with van der Waals surface area (Å²) in [5.41, 5.74) is 4.73. The first kappa shape index (κ1) is 24.4. The maximum absolute atomic E-state index is 12.0. The van der Waals surface area contributed by atoms with Crippen molar-refractivity contribution >= 4 is 28.9 Å². The van der Waals surface area contributed by atoms with Gasteiger partial charge in [0, 0.05) is 31.0 Å². The third-order valence-corrected chi connectivity index (χ3v) is 6.91. The van der Waals surface area contributed by atoms with E-state index in [4.69, 9.17) is 4.74 Å². The third-order valence-electron chi connectivity index (χ3n) is 6.91. The van der Waals surface area contributed by atoms with Crippen molar-refractivity contribution in [2.75, 3.05) is 28.8 Å². The Morgan fingerprint density at radius 1 is 1.15 bits per heavy atom. The molecule has 0 bridgehead atoms. The third kappa shape index (κ3) is 4.42. The Hall–Kier alpha value is -4.90. The minimum atomic E-state index is -1.13. The van der Waals surface area contributed by atoms with Crippen LogP contribution in [0, 0.1) is 6.92 Å². The fraction of sp³-hybridized carbons (Fsp3) is 0.214. The molecule has 1 unspecified atom stereocenters. The Balaban J connectivity index is 1.37. The van der Waals surface area contributed by atoms with Crippen LogP contribution in [-0.4, -0.2) is 55.6 Å². The normalized spacial score (nSPS) is 16.4. The maximum Gasteiger partial charge on any atom is 0.356 e. The first-order valence-electron chi connectivity index (χ1n) is 12.5. The van der Waals surface area contributed by atoms with Crippen molar-refractivity contribution in [1.29, 1.82) is 0 Å². The molecule has 0 fully saturated rings. The van der Waals surface area contributed by atoms with Gasteiger partial charge in [0.25, 0.3) is 0 Å². The predicted octanol–water partition coefficient (Wildman–Crippen LogP) is 3.35. The summed E-state index contributed by atoms with van der Waals surface area (Å²) >= 11 is 0. The van der Waals surface area contributed by atoms with E-state index in [2.05, 4.69) is 25.3 Å². The zero-order valence-corrected chi connectivity index (χ0v) is 21.4. The van der Waals surface area contributed by atoms with Crippen molar-refractivity contribution < 1.29 is 19.7 Å². The number of methoxy groups -OCH3 is 1. The Labute approximate surface area is 224 Å². The lowest BCUT2D eigenvalue weighted by Crippen LogP contribution is -2.37. The van der Waals surface area contributed by atoms with E-state index in [1.807, 2.05) is 49.4 Å². The Morgan fingerprint density at radius 3 is 2.69 bits per heavy atom. The number of ether oxygens (including phenoxy) is 1.